The Labute approximate surface area is 369 Å². The standard InChI is InChI=1S/C62H43N/c1-3-16-44(17-4-1)45-32-37-52(38-33-45)63(53-39-35-49(36-40-53)56-29-15-21-48-20-7-8-22-55(48)56)54-41-34-46-30-31-50(42-51(46)43-54)58-24-10-12-26-60(58)62-28-14-13-27-61(62)59-25-11-9-23-57(59)47-18-5-2-6-19-47/h1-43H. The smallest absolute Gasteiger partial charge is 0.0468 e. The number of benzene rings is 11. The van der Waals surface area contributed by atoms with Crippen molar-refractivity contribution in [3.63, 3.8) is 0 Å². The van der Waals surface area contributed by atoms with E-state index >= 15 is 0 Å². The van der Waals surface area contributed by atoms with Gasteiger partial charge in [-0.2, -0.15) is 0 Å². The molecule has 1 nitrogen and oxygen atoms in total. The normalized spacial score (nSPS) is 11.2. The lowest BCUT2D eigenvalue weighted by Crippen LogP contribution is -2.09. The third-order valence-corrected chi connectivity index (χ3v) is 12.3. The van der Waals surface area contributed by atoms with Gasteiger partial charge in [-0.1, -0.05) is 218 Å². The molecule has 296 valence electrons. The molecule has 63 heavy (non-hydrogen) atoms. The predicted octanol–water partition coefficient (Wildman–Crippen LogP) is 17.5. The zero-order valence-electron chi connectivity index (χ0n) is 34.8. The second-order valence-corrected chi connectivity index (χ2v) is 16.1. The van der Waals surface area contributed by atoms with Crippen molar-refractivity contribution in [3.05, 3.63) is 261 Å². The fourth-order valence-electron chi connectivity index (χ4n) is 9.20. The van der Waals surface area contributed by atoms with Crippen LogP contribution in [-0.2, 0) is 0 Å². The second kappa shape index (κ2) is 16.7. The van der Waals surface area contributed by atoms with Crippen LogP contribution in [0.25, 0.3) is 88.3 Å². The molecule has 0 spiro atoms. The van der Waals surface area contributed by atoms with E-state index in [2.05, 4.69) is 266 Å². The monoisotopic (exact) mass is 801 g/mol. The Hall–Kier alpha value is -8.26. The van der Waals surface area contributed by atoms with Gasteiger partial charge < -0.3 is 4.90 Å². The molecular formula is C62H43N. The van der Waals surface area contributed by atoms with Crippen LogP contribution in [0.2, 0.25) is 0 Å². The van der Waals surface area contributed by atoms with Crippen molar-refractivity contribution in [2.75, 3.05) is 4.90 Å². The second-order valence-electron chi connectivity index (χ2n) is 16.1. The molecule has 0 heterocycles. The topological polar surface area (TPSA) is 3.24 Å². The van der Waals surface area contributed by atoms with Gasteiger partial charge in [0.1, 0.15) is 0 Å². The average molecular weight is 802 g/mol. The summed E-state index contributed by atoms with van der Waals surface area (Å²) in [6.07, 6.45) is 0. The molecule has 0 amide bonds. The maximum atomic E-state index is 2.38. The van der Waals surface area contributed by atoms with Gasteiger partial charge in [0.15, 0.2) is 0 Å². The summed E-state index contributed by atoms with van der Waals surface area (Å²) in [4.78, 5) is 2.38. The Morgan fingerprint density at radius 3 is 1.22 bits per heavy atom. The Morgan fingerprint density at radius 1 is 0.190 bits per heavy atom. The molecular weight excluding hydrogens is 759 g/mol. The molecule has 0 fully saturated rings. The van der Waals surface area contributed by atoms with E-state index in [1.807, 2.05) is 0 Å². The van der Waals surface area contributed by atoms with Crippen LogP contribution in [0.5, 0.6) is 0 Å². The van der Waals surface area contributed by atoms with Crippen molar-refractivity contribution >= 4 is 38.6 Å². The predicted molar refractivity (Wildman–Crippen MR) is 269 cm³/mol. The molecule has 0 atom stereocenters. The lowest BCUT2D eigenvalue weighted by Gasteiger charge is -2.26. The first-order valence-corrected chi connectivity index (χ1v) is 21.7. The van der Waals surface area contributed by atoms with Crippen molar-refractivity contribution in [1.82, 2.24) is 0 Å². The van der Waals surface area contributed by atoms with Crippen molar-refractivity contribution in [1.29, 1.82) is 0 Å². The van der Waals surface area contributed by atoms with Crippen LogP contribution < -0.4 is 4.90 Å². The number of hydrogen-bond acceptors (Lipinski definition) is 1. The highest BCUT2D eigenvalue weighted by Crippen LogP contribution is 2.43. The van der Waals surface area contributed by atoms with Crippen molar-refractivity contribution in [2.45, 2.75) is 0 Å². The van der Waals surface area contributed by atoms with E-state index in [9.17, 15) is 0 Å². The summed E-state index contributed by atoms with van der Waals surface area (Å²) in [5.41, 5.74) is 17.8. The van der Waals surface area contributed by atoms with Crippen LogP contribution in [0.4, 0.5) is 17.1 Å². The Balaban J connectivity index is 1.01. The van der Waals surface area contributed by atoms with Gasteiger partial charge in [0, 0.05) is 17.1 Å². The van der Waals surface area contributed by atoms with E-state index in [0.717, 1.165) is 17.1 Å². The van der Waals surface area contributed by atoms with E-state index in [4.69, 9.17) is 0 Å². The van der Waals surface area contributed by atoms with Crippen molar-refractivity contribution in [2.24, 2.45) is 0 Å². The quantitative estimate of drug-likeness (QED) is 0.141. The largest absolute Gasteiger partial charge is 0.310 e. The first kappa shape index (κ1) is 37.7. The highest BCUT2D eigenvalue weighted by molar-refractivity contribution is 5.99. The SMILES string of the molecule is c1ccc(-c2ccc(N(c3ccc(-c4cccc5ccccc45)cc3)c3ccc4ccc(-c5ccccc5-c5ccccc5-c5ccccc5-c5ccccc5)cc4c3)cc2)cc1. The van der Waals surface area contributed by atoms with Gasteiger partial charge in [0.2, 0.25) is 0 Å². The molecule has 1 heteroatoms. The third-order valence-electron chi connectivity index (χ3n) is 12.3. The lowest BCUT2D eigenvalue weighted by atomic mass is 9.86. The van der Waals surface area contributed by atoms with E-state index in [1.54, 1.807) is 0 Å². The van der Waals surface area contributed by atoms with E-state index in [1.165, 1.54) is 88.3 Å². The molecule has 0 aliphatic heterocycles. The molecule has 0 aromatic heterocycles. The highest BCUT2D eigenvalue weighted by Gasteiger charge is 2.18. The van der Waals surface area contributed by atoms with Crippen molar-refractivity contribution < 1.29 is 0 Å². The van der Waals surface area contributed by atoms with E-state index < -0.39 is 0 Å². The molecule has 0 saturated heterocycles. The molecule has 0 aliphatic rings. The van der Waals surface area contributed by atoms with E-state index in [-0.39, 0.29) is 0 Å². The number of hydrogen-bond donors (Lipinski definition) is 0. The van der Waals surface area contributed by atoms with Gasteiger partial charge in [-0.3, -0.25) is 0 Å². The minimum atomic E-state index is 1.10. The van der Waals surface area contributed by atoms with Gasteiger partial charge in [-0.05, 0) is 131 Å². The number of rotatable bonds is 9. The zero-order chi connectivity index (χ0) is 42.0. The van der Waals surface area contributed by atoms with Gasteiger partial charge in [0.05, 0.1) is 0 Å². The number of nitrogens with zero attached hydrogens (tertiary/aromatic N) is 1. The summed E-state index contributed by atoms with van der Waals surface area (Å²) in [6.45, 7) is 0. The summed E-state index contributed by atoms with van der Waals surface area (Å²) < 4.78 is 0. The minimum absolute atomic E-state index is 1.10. The first-order chi connectivity index (χ1) is 31.2. The van der Waals surface area contributed by atoms with Crippen LogP contribution in [0.15, 0.2) is 261 Å². The van der Waals surface area contributed by atoms with Crippen LogP contribution in [0, 0.1) is 0 Å². The summed E-state index contributed by atoms with van der Waals surface area (Å²) in [6, 6.07) is 94.6. The molecule has 11 aromatic carbocycles. The molecule has 0 aliphatic carbocycles. The Bertz CT molecular complexity index is 3360. The Morgan fingerprint density at radius 2 is 0.587 bits per heavy atom. The molecule has 0 bridgehead atoms. The summed E-state index contributed by atoms with van der Waals surface area (Å²) >= 11 is 0. The summed E-state index contributed by atoms with van der Waals surface area (Å²) in [5.74, 6) is 0. The first-order valence-electron chi connectivity index (χ1n) is 21.7. The van der Waals surface area contributed by atoms with Gasteiger partial charge in [-0.15, -0.1) is 0 Å². The van der Waals surface area contributed by atoms with Gasteiger partial charge >= 0.3 is 0 Å². The molecule has 0 saturated carbocycles. The van der Waals surface area contributed by atoms with Gasteiger partial charge in [-0.25, -0.2) is 0 Å². The number of anilines is 3. The van der Waals surface area contributed by atoms with Gasteiger partial charge in [0.25, 0.3) is 0 Å². The average Bonchev–Trinajstić information content (AvgIpc) is 3.37. The number of fused-ring (bicyclic) bond motifs is 2. The maximum absolute atomic E-state index is 2.38. The zero-order valence-corrected chi connectivity index (χ0v) is 34.8. The molecule has 11 rings (SSSR count). The highest BCUT2D eigenvalue weighted by atomic mass is 15.1. The fraction of sp³-hybridized carbons (Fsp3) is 0. The van der Waals surface area contributed by atoms with Crippen LogP contribution in [0.1, 0.15) is 0 Å². The minimum Gasteiger partial charge on any atom is -0.310 e. The summed E-state index contributed by atoms with van der Waals surface area (Å²) in [5, 5.41) is 4.88. The third kappa shape index (κ3) is 7.37. The maximum Gasteiger partial charge on any atom is 0.0468 e. The van der Waals surface area contributed by atoms with Crippen molar-refractivity contribution in [3.8, 4) is 66.8 Å². The summed E-state index contributed by atoms with van der Waals surface area (Å²) in [7, 11) is 0. The van der Waals surface area contributed by atoms with Crippen LogP contribution in [0.3, 0.4) is 0 Å². The fourth-order valence-corrected chi connectivity index (χ4v) is 9.20. The molecule has 0 N–H and O–H groups in total. The lowest BCUT2D eigenvalue weighted by molar-refractivity contribution is 1.29. The van der Waals surface area contributed by atoms with E-state index in [0.29, 0.717) is 0 Å². The van der Waals surface area contributed by atoms with Crippen LogP contribution in [-0.4, -0.2) is 0 Å². The molecule has 0 radical (unpaired) electrons. The van der Waals surface area contributed by atoms with Crippen LogP contribution >= 0.6 is 0 Å². The Kier molecular flexibility index (Phi) is 9.97. The molecule has 11 aromatic rings. The molecule has 0 unspecified atom stereocenters.